The third-order valence-corrected chi connectivity index (χ3v) is 2.83. The van der Waals surface area contributed by atoms with E-state index in [2.05, 4.69) is 11.9 Å². The van der Waals surface area contributed by atoms with Gasteiger partial charge in [0.15, 0.2) is 0 Å². The van der Waals surface area contributed by atoms with Gasteiger partial charge >= 0.3 is 0 Å². The van der Waals surface area contributed by atoms with E-state index < -0.39 is 0 Å². The molecule has 0 aliphatic carbocycles. The first-order valence-corrected chi connectivity index (χ1v) is 5.77. The second-order valence-electron chi connectivity index (χ2n) is 4.10. The van der Waals surface area contributed by atoms with Gasteiger partial charge in [-0.1, -0.05) is 0 Å². The van der Waals surface area contributed by atoms with Crippen LogP contribution in [0.25, 0.3) is 0 Å². The highest BCUT2D eigenvalue weighted by Crippen LogP contribution is 2.12. The summed E-state index contributed by atoms with van der Waals surface area (Å²) in [6.45, 7) is 5.41. The van der Waals surface area contributed by atoms with Crippen LogP contribution in [0.5, 0.6) is 0 Å². The fourth-order valence-electron chi connectivity index (χ4n) is 1.91. The summed E-state index contributed by atoms with van der Waals surface area (Å²) in [5, 5.41) is 9.68. The van der Waals surface area contributed by atoms with Crippen molar-refractivity contribution in [3.05, 3.63) is 0 Å². The van der Waals surface area contributed by atoms with Crippen molar-refractivity contribution in [2.45, 2.75) is 31.9 Å². The normalized spacial score (nSPS) is 20.8. The van der Waals surface area contributed by atoms with Crippen molar-refractivity contribution in [3.63, 3.8) is 0 Å². The van der Waals surface area contributed by atoms with Crippen LogP contribution in [0.2, 0.25) is 0 Å². The lowest BCUT2D eigenvalue weighted by Gasteiger charge is -2.32. The van der Waals surface area contributed by atoms with Gasteiger partial charge in [-0.3, -0.25) is 0 Å². The maximum Gasteiger partial charge on any atom is 0.0900 e. The number of hydrogen-bond acceptors (Lipinski definition) is 4. The molecule has 0 aromatic heterocycles. The van der Waals surface area contributed by atoms with Crippen molar-refractivity contribution in [1.29, 1.82) is 0 Å². The zero-order valence-corrected chi connectivity index (χ0v) is 9.82. The zero-order chi connectivity index (χ0) is 11.1. The van der Waals surface area contributed by atoms with Crippen LogP contribution >= 0.6 is 0 Å². The number of hydrogen-bond donors (Lipinski definition) is 1. The molecule has 1 aliphatic rings. The molecule has 15 heavy (non-hydrogen) atoms. The Bertz CT molecular complexity index is 160. The minimum absolute atomic E-state index is 0.377. The van der Waals surface area contributed by atoms with Crippen molar-refractivity contribution in [3.8, 4) is 0 Å². The third-order valence-electron chi connectivity index (χ3n) is 2.83. The topological polar surface area (TPSA) is 41.9 Å². The van der Waals surface area contributed by atoms with Gasteiger partial charge in [-0.15, -0.1) is 0 Å². The van der Waals surface area contributed by atoms with Gasteiger partial charge in [0.1, 0.15) is 0 Å². The van der Waals surface area contributed by atoms with E-state index in [0.717, 1.165) is 26.1 Å². The van der Waals surface area contributed by atoms with Gasteiger partial charge in [0, 0.05) is 32.4 Å². The van der Waals surface area contributed by atoms with Crippen LogP contribution in [0.1, 0.15) is 19.8 Å². The Morgan fingerprint density at radius 1 is 1.47 bits per heavy atom. The van der Waals surface area contributed by atoms with Crippen LogP contribution in [-0.2, 0) is 9.47 Å². The number of aliphatic hydroxyl groups is 1. The van der Waals surface area contributed by atoms with Crippen LogP contribution in [-0.4, -0.2) is 62.2 Å². The van der Waals surface area contributed by atoms with E-state index in [1.165, 1.54) is 0 Å². The van der Waals surface area contributed by atoms with Gasteiger partial charge in [-0.25, -0.2) is 0 Å². The van der Waals surface area contributed by atoms with E-state index in [-0.39, 0.29) is 6.10 Å². The van der Waals surface area contributed by atoms with Gasteiger partial charge in [0.25, 0.3) is 0 Å². The summed E-state index contributed by atoms with van der Waals surface area (Å²) in [6.07, 6.45) is 1.76. The second-order valence-corrected chi connectivity index (χ2v) is 4.10. The van der Waals surface area contributed by atoms with E-state index in [0.29, 0.717) is 25.8 Å². The molecule has 1 heterocycles. The number of nitrogens with zero attached hydrogens (tertiary/aromatic N) is 1. The molecule has 1 atom stereocenters. The first-order valence-electron chi connectivity index (χ1n) is 5.77. The standard InChI is InChI=1S/C11H23NO3/c1-3-14-9-11(13)8-12(2)10-4-6-15-7-5-10/h10-11,13H,3-9H2,1-2H3. The molecule has 4 heteroatoms. The highest BCUT2D eigenvalue weighted by Gasteiger charge is 2.20. The van der Waals surface area contributed by atoms with Gasteiger partial charge in [-0.05, 0) is 26.8 Å². The zero-order valence-electron chi connectivity index (χ0n) is 9.82. The largest absolute Gasteiger partial charge is 0.389 e. The van der Waals surface area contributed by atoms with Crippen LogP contribution in [0.3, 0.4) is 0 Å². The molecular weight excluding hydrogens is 194 g/mol. The van der Waals surface area contributed by atoms with E-state index in [1.807, 2.05) is 6.92 Å². The average Bonchev–Trinajstić information content (AvgIpc) is 2.27. The molecule has 0 saturated carbocycles. The van der Waals surface area contributed by atoms with Crippen molar-refractivity contribution >= 4 is 0 Å². The quantitative estimate of drug-likeness (QED) is 0.703. The molecule has 1 saturated heterocycles. The van der Waals surface area contributed by atoms with E-state index in [1.54, 1.807) is 0 Å². The maximum absolute atomic E-state index is 9.68. The summed E-state index contributed by atoms with van der Waals surface area (Å²) in [5.41, 5.74) is 0. The van der Waals surface area contributed by atoms with Crippen molar-refractivity contribution in [2.75, 3.05) is 40.0 Å². The number of likely N-dealkylation sites (N-methyl/N-ethyl adjacent to an activating group) is 1. The molecular formula is C11H23NO3. The summed E-state index contributed by atoms with van der Waals surface area (Å²) in [4.78, 5) is 2.21. The summed E-state index contributed by atoms with van der Waals surface area (Å²) < 4.78 is 10.5. The molecule has 1 fully saturated rings. The lowest BCUT2D eigenvalue weighted by Crippen LogP contribution is -2.42. The molecule has 0 aromatic carbocycles. The van der Waals surface area contributed by atoms with E-state index in [9.17, 15) is 5.11 Å². The van der Waals surface area contributed by atoms with Gasteiger partial charge in [0.2, 0.25) is 0 Å². The lowest BCUT2D eigenvalue weighted by atomic mass is 10.1. The molecule has 0 radical (unpaired) electrons. The predicted octanol–water partition coefficient (Wildman–Crippen LogP) is 0.495. The van der Waals surface area contributed by atoms with E-state index in [4.69, 9.17) is 9.47 Å². The fourth-order valence-corrected chi connectivity index (χ4v) is 1.91. The van der Waals surface area contributed by atoms with Crippen molar-refractivity contribution in [2.24, 2.45) is 0 Å². The summed E-state index contributed by atoms with van der Waals surface area (Å²) >= 11 is 0. The fraction of sp³-hybridized carbons (Fsp3) is 1.00. The number of ether oxygens (including phenoxy) is 2. The number of rotatable bonds is 6. The van der Waals surface area contributed by atoms with Crippen LogP contribution in [0, 0.1) is 0 Å². The Kier molecular flexibility index (Phi) is 6.17. The van der Waals surface area contributed by atoms with Gasteiger partial charge in [0.05, 0.1) is 12.7 Å². The average molecular weight is 217 g/mol. The Balaban J connectivity index is 2.17. The maximum atomic E-state index is 9.68. The third kappa shape index (κ3) is 4.93. The van der Waals surface area contributed by atoms with Crippen LogP contribution < -0.4 is 0 Å². The van der Waals surface area contributed by atoms with Gasteiger partial charge < -0.3 is 19.5 Å². The summed E-state index contributed by atoms with van der Waals surface area (Å²) in [6, 6.07) is 0.551. The molecule has 90 valence electrons. The van der Waals surface area contributed by atoms with Crippen LogP contribution in [0.15, 0.2) is 0 Å². The minimum atomic E-state index is -0.377. The molecule has 1 N–H and O–H groups in total. The predicted molar refractivity (Wildman–Crippen MR) is 59.0 cm³/mol. The summed E-state index contributed by atoms with van der Waals surface area (Å²) in [5.74, 6) is 0. The number of aliphatic hydroxyl groups excluding tert-OH is 1. The smallest absolute Gasteiger partial charge is 0.0900 e. The Morgan fingerprint density at radius 3 is 2.73 bits per heavy atom. The SMILES string of the molecule is CCOCC(O)CN(C)C1CCOCC1. The highest BCUT2D eigenvalue weighted by atomic mass is 16.5. The molecule has 0 aromatic rings. The molecule has 4 nitrogen and oxygen atoms in total. The second kappa shape index (κ2) is 7.17. The molecule has 1 aliphatic heterocycles. The minimum Gasteiger partial charge on any atom is -0.389 e. The van der Waals surface area contributed by atoms with Crippen molar-refractivity contribution < 1.29 is 14.6 Å². The molecule has 0 spiro atoms. The molecule has 0 bridgehead atoms. The monoisotopic (exact) mass is 217 g/mol. The molecule has 1 unspecified atom stereocenters. The lowest BCUT2D eigenvalue weighted by molar-refractivity contribution is -0.00260. The Hall–Kier alpha value is -0.160. The summed E-state index contributed by atoms with van der Waals surface area (Å²) in [7, 11) is 2.06. The highest BCUT2D eigenvalue weighted by molar-refractivity contribution is 4.74. The first-order chi connectivity index (χ1) is 7.24. The van der Waals surface area contributed by atoms with Crippen molar-refractivity contribution in [1.82, 2.24) is 4.90 Å². The molecule has 1 rings (SSSR count). The Morgan fingerprint density at radius 2 is 2.13 bits per heavy atom. The molecule has 0 amide bonds. The van der Waals surface area contributed by atoms with Crippen LogP contribution in [0.4, 0.5) is 0 Å². The Labute approximate surface area is 92.2 Å². The van der Waals surface area contributed by atoms with Gasteiger partial charge in [-0.2, -0.15) is 0 Å². The van der Waals surface area contributed by atoms with E-state index >= 15 is 0 Å². The first kappa shape index (κ1) is 12.9.